The molecule has 112 valence electrons. The van der Waals surface area contributed by atoms with Crippen molar-refractivity contribution in [3.05, 3.63) is 0 Å². The molecule has 0 heterocycles. The van der Waals surface area contributed by atoms with Crippen molar-refractivity contribution in [1.82, 2.24) is 0 Å². The molecule has 17 heteroatoms. The molecule has 0 aliphatic carbocycles. The quantitative estimate of drug-likeness (QED) is 0.206. The fraction of sp³-hybridized carbons (Fsp3) is 0. The zero-order chi connectivity index (χ0) is 13.5. The molecular formula is Au2O12W3. The molecule has 0 aliphatic heterocycles. The summed E-state index contributed by atoms with van der Waals surface area (Å²) in [4.78, 5) is 0. The SMILES string of the molecule is [Au+3].[Au+3].[O]=[W](=[O])([O-])[O-].[O]=[W](=[O])([O-])[O-].[O]=[W](=[O])([O-])[O-]. The van der Waals surface area contributed by atoms with E-state index in [0.717, 1.165) is 0 Å². The van der Waals surface area contributed by atoms with Crippen LogP contribution in [0.25, 0.3) is 0 Å². The van der Waals surface area contributed by atoms with Crippen LogP contribution in [0.2, 0.25) is 0 Å². The van der Waals surface area contributed by atoms with Crippen LogP contribution in [0.3, 0.4) is 0 Å². The first-order chi connectivity index (χ1) is 6.00. The van der Waals surface area contributed by atoms with Crippen LogP contribution in [0.5, 0.6) is 0 Å². The third-order valence-corrected chi connectivity index (χ3v) is 0. The van der Waals surface area contributed by atoms with Crippen molar-refractivity contribution in [1.29, 1.82) is 0 Å². The van der Waals surface area contributed by atoms with Crippen molar-refractivity contribution in [3.63, 3.8) is 0 Å². The summed E-state index contributed by atoms with van der Waals surface area (Å²) in [6, 6.07) is 0. The van der Waals surface area contributed by atoms with Gasteiger partial charge in [-0.3, -0.25) is 0 Å². The van der Waals surface area contributed by atoms with E-state index >= 15 is 0 Å². The van der Waals surface area contributed by atoms with Crippen molar-refractivity contribution < 1.29 is 138 Å². The second-order valence-electron chi connectivity index (χ2n) is 1.22. The van der Waals surface area contributed by atoms with Gasteiger partial charge in [-0.15, -0.1) is 0 Å². The van der Waals surface area contributed by atoms with E-state index in [2.05, 4.69) is 0 Å². The molecule has 0 saturated heterocycles. The molecule has 0 aromatic heterocycles. The second kappa shape index (κ2) is 13.1. The van der Waals surface area contributed by atoms with Gasteiger partial charge in [0.1, 0.15) is 0 Å². The molecular weight excluding hydrogens is 1140 g/mol. The van der Waals surface area contributed by atoms with E-state index in [1.165, 1.54) is 0 Å². The molecule has 0 rings (SSSR count). The van der Waals surface area contributed by atoms with Gasteiger partial charge in [-0.05, 0) is 0 Å². The monoisotopic (exact) mass is 1140 g/mol. The Morgan fingerprint density at radius 1 is 0.412 bits per heavy atom. The van der Waals surface area contributed by atoms with Gasteiger partial charge in [0.15, 0.2) is 0 Å². The van der Waals surface area contributed by atoms with E-state index in [1.807, 2.05) is 0 Å². The first-order valence-electron chi connectivity index (χ1n) is 2.00. The van der Waals surface area contributed by atoms with Crippen LogP contribution in [0, 0.1) is 0 Å². The van der Waals surface area contributed by atoms with Gasteiger partial charge in [-0.1, -0.05) is 0 Å². The molecule has 0 atom stereocenters. The van der Waals surface area contributed by atoms with E-state index in [4.69, 9.17) is 42.9 Å². The van der Waals surface area contributed by atoms with Gasteiger partial charge in [-0.25, -0.2) is 0 Å². The zero-order valence-corrected chi connectivity index (χ0v) is 19.9. The van der Waals surface area contributed by atoms with Gasteiger partial charge >= 0.3 is 138 Å². The molecule has 0 fully saturated rings. The molecule has 0 N–H and O–H groups in total. The molecule has 0 unspecified atom stereocenters. The summed E-state index contributed by atoms with van der Waals surface area (Å²) in [5, 5.41) is 0. The normalized spacial score (nSPS) is 10.2. The standard InChI is InChI=1S/2Au.12O.3W/q2*+3;;;;;;;6*-1;;;. The van der Waals surface area contributed by atoms with Crippen LogP contribution >= 0.6 is 0 Å². The van der Waals surface area contributed by atoms with Gasteiger partial charge in [0.05, 0.1) is 0 Å². The van der Waals surface area contributed by atoms with Crippen LogP contribution in [0.1, 0.15) is 0 Å². The zero-order valence-electron chi connectivity index (χ0n) is 6.73. The van der Waals surface area contributed by atoms with Gasteiger partial charge in [0, 0.05) is 0 Å². The summed E-state index contributed by atoms with van der Waals surface area (Å²) in [6.45, 7) is 0. The maximum absolute atomic E-state index is 8.65. The van der Waals surface area contributed by atoms with Crippen LogP contribution in [0.4, 0.5) is 0 Å². The second-order valence-corrected chi connectivity index (χ2v) is 10.0. The molecule has 0 saturated carbocycles. The number of hydrogen-bond donors (Lipinski definition) is 0. The van der Waals surface area contributed by atoms with Crippen molar-refractivity contribution in [2.75, 3.05) is 0 Å². The van der Waals surface area contributed by atoms with Crippen LogP contribution in [-0.4, -0.2) is 0 Å². The van der Waals surface area contributed by atoms with Gasteiger partial charge in [0.25, 0.3) is 0 Å². The fourth-order valence-corrected chi connectivity index (χ4v) is 0. The summed E-state index contributed by atoms with van der Waals surface area (Å²) in [5.41, 5.74) is 0. The summed E-state index contributed by atoms with van der Waals surface area (Å²) in [6.07, 6.45) is 0. The van der Waals surface area contributed by atoms with Crippen LogP contribution in [-0.2, 0) is 115 Å². The molecule has 17 heavy (non-hydrogen) atoms. The Bertz CT molecular complexity index is 341. The Balaban J connectivity index is -0.0000000400. The number of hydrogen-bond acceptors (Lipinski definition) is 12. The Morgan fingerprint density at radius 3 is 0.412 bits per heavy atom. The minimum atomic E-state index is -6.17. The van der Waals surface area contributed by atoms with E-state index in [0.29, 0.717) is 0 Å². The van der Waals surface area contributed by atoms with Crippen molar-refractivity contribution in [2.24, 2.45) is 0 Å². The summed E-state index contributed by atoms with van der Waals surface area (Å²) in [7, 11) is 0. The van der Waals surface area contributed by atoms with Crippen molar-refractivity contribution >= 4 is 0 Å². The Kier molecular flexibility index (Phi) is 24.3. The predicted octanol–water partition coefficient (Wildman–Crippen LogP) is -7.86. The third-order valence-electron chi connectivity index (χ3n) is 0. The average Bonchev–Trinajstić information content (AvgIpc) is 1.41. The first kappa shape index (κ1) is 31.5. The van der Waals surface area contributed by atoms with Crippen LogP contribution < -0.4 is 22.6 Å². The summed E-state index contributed by atoms with van der Waals surface area (Å²) < 4.78 is 104. The Morgan fingerprint density at radius 2 is 0.412 bits per heavy atom. The Labute approximate surface area is 136 Å². The minimum absolute atomic E-state index is 0. The molecule has 0 bridgehead atoms. The van der Waals surface area contributed by atoms with Crippen molar-refractivity contribution in [2.45, 2.75) is 0 Å². The molecule has 0 aromatic rings. The third kappa shape index (κ3) is 1060. The molecule has 0 spiro atoms. The predicted molar refractivity (Wildman–Crippen MR) is 4.12 cm³/mol. The molecule has 0 radical (unpaired) electrons. The van der Waals surface area contributed by atoms with Gasteiger partial charge in [0.2, 0.25) is 0 Å². The molecule has 0 aromatic carbocycles. The van der Waals surface area contributed by atoms with E-state index in [-0.39, 0.29) is 44.8 Å². The summed E-state index contributed by atoms with van der Waals surface area (Å²) >= 11 is -18.5. The fourth-order valence-electron chi connectivity index (χ4n) is 0. The summed E-state index contributed by atoms with van der Waals surface area (Å²) in [5.74, 6) is 0. The van der Waals surface area contributed by atoms with E-state index < -0.39 is 50.2 Å². The molecule has 12 nitrogen and oxygen atoms in total. The number of rotatable bonds is 0. The van der Waals surface area contributed by atoms with E-state index in [1.54, 1.807) is 0 Å². The molecule has 0 amide bonds. The van der Waals surface area contributed by atoms with Gasteiger partial charge < -0.3 is 0 Å². The topological polar surface area (TPSA) is 241 Å². The maximum atomic E-state index is 8.65. The van der Waals surface area contributed by atoms with Crippen LogP contribution in [0.15, 0.2) is 0 Å². The first-order valence-corrected chi connectivity index (χ1v) is 16.4. The van der Waals surface area contributed by atoms with E-state index in [9.17, 15) is 0 Å². The van der Waals surface area contributed by atoms with Crippen molar-refractivity contribution in [3.8, 4) is 0 Å². The van der Waals surface area contributed by atoms with Gasteiger partial charge in [-0.2, -0.15) is 0 Å². The average molecular weight is 1140 g/mol. The Hall–Kier alpha value is 2.11. The molecule has 0 aliphatic rings.